The summed E-state index contributed by atoms with van der Waals surface area (Å²) in [6.07, 6.45) is 2.18. The second-order valence-electron chi connectivity index (χ2n) is 4.06. The SMILES string of the molecule is Nc1ccc(SCC(=O)N2CCCC2)cc1F. The molecule has 17 heavy (non-hydrogen) atoms. The summed E-state index contributed by atoms with van der Waals surface area (Å²) in [4.78, 5) is 14.4. The van der Waals surface area contributed by atoms with Gasteiger partial charge in [-0.2, -0.15) is 0 Å². The molecule has 2 rings (SSSR count). The molecule has 0 spiro atoms. The van der Waals surface area contributed by atoms with Crippen LogP contribution in [0.4, 0.5) is 10.1 Å². The van der Waals surface area contributed by atoms with E-state index in [1.165, 1.54) is 23.9 Å². The highest BCUT2D eigenvalue weighted by Crippen LogP contribution is 2.22. The third-order valence-corrected chi connectivity index (χ3v) is 3.77. The summed E-state index contributed by atoms with van der Waals surface area (Å²) in [5.74, 6) is 0.0666. The van der Waals surface area contributed by atoms with Crippen molar-refractivity contribution >= 4 is 23.4 Å². The smallest absolute Gasteiger partial charge is 0.232 e. The lowest BCUT2D eigenvalue weighted by atomic mass is 10.3. The van der Waals surface area contributed by atoms with E-state index >= 15 is 0 Å². The molecule has 0 bridgehead atoms. The van der Waals surface area contributed by atoms with E-state index in [0.29, 0.717) is 5.75 Å². The monoisotopic (exact) mass is 254 g/mol. The van der Waals surface area contributed by atoms with Crippen LogP contribution in [-0.4, -0.2) is 29.6 Å². The fourth-order valence-corrected chi connectivity index (χ4v) is 2.62. The van der Waals surface area contributed by atoms with Crippen LogP contribution >= 0.6 is 11.8 Å². The third kappa shape index (κ3) is 3.12. The maximum atomic E-state index is 13.2. The Labute approximate surface area is 104 Å². The van der Waals surface area contributed by atoms with Crippen LogP contribution in [0.15, 0.2) is 23.1 Å². The summed E-state index contributed by atoms with van der Waals surface area (Å²) >= 11 is 1.35. The lowest BCUT2D eigenvalue weighted by Gasteiger charge is -2.14. The maximum absolute atomic E-state index is 13.2. The highest BCUT2D eigenvalue weighted by Gasteiger charge is 2.17. The molecule has 1 aromatic carbocycles. The van der Waals surface area contributed by atoms with E-state index in [4.69, 9.17) is 5.73 Å². The predicted octanol–water partition coefficient (Wildman–Crippen LogP) is 2.12. The van der Waals surface area contributed by atoms with Crippen molar-refractivity contribution in [2.45, 2.75) is 17.7 Å². The highest BCUT2D eigenvalue weighted by molar-refractivity contribution is 8.00. The topological polar surface area (TPSA) is 46.3 Å². The Kier molecular flexibility index (Phi) is 3.89. The highest BCUT2D eigenvalue weighted by atomic mass is 32.2. The quantitative estimate of drug-likeness (QED) is 0.664. The van der Waals surface area contributed by atoms with Gasteiger partial charge in [0.25, 0.3) is 0 Å². The number of halogens is 1. The molecule has 1 saturated heterocycles. The Hall–Kier alpha value is -1.23. The maximum Gasteiger partial charge on any atom is 0.232 e. The Morgan fingerprint density at radius 2 is 2.12 bits per heavy atom. The van der Waals surface area contributed by atoms with Gasteiger partial charge >= 0.3 is 0 Å². The standard InChI is InChI=1S/C12H15FN2OS/c13-10-7-9(3-4-11(10)14)17-8-12(16)15-5-1-2-6-15/h3-4,7H,1-2,5-6,8,14H2. The number of rotatable bonds is 3. The first-order valence-corrected chi connectivity index (χ1v) is 6.61. The van der Waals surface area contributed by atoms with Crippen LogP contribution < -0.4 is 5.73 Å². The largest absolute Gasteiger partial charge is 0.396 e. The van der Waals surface area contributed by atoms with Crippen molar-refractivity contribution in [1.82, 2.24) is 4.90 Å². The summed E-state index contributed by atoms with van der Waals surface area (Å²) in [7, 11) is 0. The first kappa shape index (κ1) is 12.2. The summed E-state index contributed by atoms with van der Waals surface area (Å²) in [5.41, 5.74) is 5.52. The normalized spacial score (nSPS) is 15.2. The molecule has 3 nitrogen and oxygen atoms in total. The van der Waals surface area contributed by atoms with E-state index in [9.17, 15) is 9.18 Å². The van der Waals surface area contributed by atoms with Crippen LogP contribution in [0.3, 0.4) is 0 Å². The van der Waals surface area contributed by atoms with Gasteiger partial charge in [0.1, 0.15) is 5.82 Å². The molecule has 0 aliphatic carbocycles. The van der Waals surface area contributed by atoms with Crippen molar-refractivity contribution in [3.63, 3.8) is 0 Å². The van der Waals surface area contributed by atoms with E-state index in [-0.39, 0.29) is 11.6 Å². The minimum Gasteiger partial charge on any atom is -0.396 e. The van der Waals surface area contributed by atoms with Crippen molar-refractivity contribution in [3.05, 3.63) is 24.0 Å². The number of nitrogen functional groups attached to an aromatic ring is 1. The molecule has 0 aromatic heterocycles. The predicted molar refractivity (Wildman–Crippen MR) is 67.4 cm³/mol. The average Bonchev–Trinajstić information content (AvgIpc) is 2.84. The second-order valence-corrected chi connectivity index (χ2v) is 5.11. The van der Waals surface area contributed by atoms with Crippen LogP contribution in [0.2, 0.25) is 0 Å². The van der Waals surface area contributed by atoms with Crippen molar-refractivity contribution < 1.29 is 9.18 Å². The first-order chi connectivity index (χ1) is 8.16. The van der Waals surface area contributed by atoms with Crippen LogP contribution in [-0.2, 0) is 4.79 Å². The number of carbonyl (C=O) groups excluding carboxylic acids is 1. The number of nitrogens with zero attached hydrogens (tertiary/aromatic N) is 1. The lowest BCUT2D eigenvalue weighted by Crippen LogP contribution is -2.29. The molecule has 2 N–H and O–H groups in total. The molecule has 0 saturated carbocycles. The molecule has 5 heteroatoms. The average molecular weight is 254 g/mol. The molecular formula is C12H15FN2OS. The van der Waals surface area contributed by atoms with Gasteiger partial charge in [-0.15, -0.1) is 11.8 Å². The van der Waals surface area contributed by atoms with Gasteiger partial charge in [-0.1, -0.05) is 0 Å². The van der Waals surface area contributed by atoms with Gasteiger partial charge in [0.2, 0.25) is 5.91 Å². The van der Waals surface area contributed by atoms with Crippen molar-refractivity contribution in [1.29, 1.82) is 0 Å². The molecule has 0 unspecified atom stereocenters. The number of nitrogens with two attached hydrogens (primary N) is 1. The number of amides is 1. The fourth-order valence-electron chi connectivity index (χ4n) is 1.80. The molecule has 0 atom stereocenters. The fraction of sp³-hybridized carbons (Fsp3) is 0.417. The molecule has 92 valence electrons. The number of benzene rings is 1. The molecule has 0 radical (unpaired) electrons. The number of hydrogen-bond acceptors (Lipinski definition) is 3. The molecular weight excluding hydrogens is 239 g/mol. The first-order valence-electron chi connectivity index (χ1n) is 5.62. The van der Waals surface area contributed by atoms with Gasteiger partial charge < -0.3 is 10.6 Å². The summed E-state index contributed by atoms with van der Waals surface area (Å²) in [6.45, 7) is 1.71. The molecule has 1 aliphatic rings. The number of thioether (sulfide) groups is 1. The minimum absolute atomic E-state index is 0.129. The van der Waals surface area contributed by atoms with Gasteiger partial charge in [0, 0.05) is 18.0 Å². The molecule has 1 amide bonds. The molecule has 1 aliphatic heterocycles. The van der Waals surface area contributed by atoms with Crippen LogP contribution in [0.5, 0.6) is 0 Å². The minimum atomic E-state index is -0.427. The van der Waals surface area contributed by atoms with Gasteiger partial charge in [0.15, 0.2) is 0 Å². The molecule has 1 heterocycles. The zero-order valence-electron chi connectivity index (χ0n) is 9.49. The third-order valence-electron chi connectivity index (χ3n) is 2.79. The van der Waals surface area contributed by atoms with E-state index in [2.05, 4.69) is 0 Å². The van der Waals surface area contributed by atoms with E-state index in [0.717, 1.165) is 30.8 Å². The van der Waals surface area contributed by atoms with Crippen LogP contribution in [0.25, 0.3) is 0 Å². The number of hydrogen-bond donors (Lipinski definition) is 1. The van der Waals surface area contributed by atoms with Gasteiger partial charge in [-0.3, -0.25) is 4.79 Å². The van der Waals surface area contributed by atoms with E-state index < -0.39 is 5.82 Å². The second kappa shape index (κ2) is 5.40. The van der Waals surface area contributed by atoms with Crippen molar-refractivity contribution in [2.75, 3.05) is 24.6 Å². The summed E-state index contributed by atoms with van der Waals surface area (Å²) < 4.78 is 13.2. The number of anilines is 1. The van der Waals surface area contributed by atoms with Crippen molar-refractivity contribution in [2.24, 2.45) is 0 Å². The summed E-state index contributed by atoms with van der Waals surface area (Å²) in [5, 5.41) is 0. The summed E-state index contributed by atoms with van der Waals surface area (Å²) in [6, 6.07) is 4.63. The van der Waals surface area contributed by atoms with Gasteiger partial charge in [0.05, 0.1) is 11.4 Å². The van der Waals surface area contributed by atoms with E-state index in [1.54, 1.807) is 6.07 Å². The zero-order valence-corrected chi connectivity index (χ0v) is 10.3. The van der Waals surface area contributed by atoms with Gasteiger partial charge in [-0.05, 0) is 31.0 Å². The van der Waals surface area contributed by atoms with Crippen molar-refractivity contribution in [3.8, 4) is 0 Å². The Morgan fingerprint density at radius 3 is 2.76 bits per heavy atom. The molecule has 1 fully saturated rings. The lowest BCUT2D eigenvalue weighted by molar-refractivity contribution is -0.127. The van der Waals surface area contributed by atoms with Crippen LogP contribution in [0.1, 0.15) is 12.8 Å². The number of likely N-dealkylation sites (tertiary alicyclic amines) is 1. The number of carbonyl (C=O) groups is 1. The van der Waals surface area contributed by atoms with E-state index in [1.807, 2.05) is 4.90 Å². The Balaban J connectivity index is 1.88. The van der Waals surface area contributed by atoms with Gasteiger partial charge in [-0.25, -0.2) is 4.39 Å². The Morgan fingerprint density at radius 1 is 1.41 bits per heavy atom. The zero-order chi connectivity index (χ0) is 12.3. The van der Waals surface area contributed by atoms with Crippen LogP contribution in [0, 0.1) is 5.82 Å². The Bertz CT molecular complexity index is 419. The molecule has 1 aromatic rings.